The zero-order chi connectivity index (χ0) is 14.1. The Bertz CT molecular complexity index is 747. The number of rotatable bonds is 3. The number of aliphatic hydroxyl groups is 1. The molecule has 1 unspecified atom stereocenters. The molecule has 102 valence electrons. The molecule has 4 heteroatoms. The predicted molar refractivity (Wildman–Crippen MR) is 78.3 cm³/mol. The van der Waals surface area contributed by atoms with E-state index in [9.17, 15) is 5.11 Å². The number of fused-ring (bicyclic) bond motifs is 1. The summed E-state index contributed by atoms with van der Waals surface area (Å²) in [6, 6.07) is 13.7. The van der Waals surface area contributed by atoms with Gasteiger partial charge >= 0.3 is 0 Å². The number of methoxy groups -OCH3 is 1. The lowest BCUT2D eigenvalue weighted by atomic mass is 10.1. The number of hydrogen-bond acceptors (Lipinski definition) is 3. The summed E-state index contributed by atoms with van der Waals surface area (Å²) in [6.45, 7) is 1.73. The standard InChI is InChI=1S/C16H16N2O2/c1-11(19)16-14(8-5-9-15(16)20-2)18-13-7-4-3-6-12(13)10-17-18/h3-11,19H,1-2H3. The summed E-state index contributed by atoms with van der Waals surface area (Å²) in [5, 5.41) is 15.6. The molecular formula is C16H16N2O2. The SMILES string of the molecule is COc1cccc(-n2ncc3ccccc32)c1C(C)O. The molecule has 3 aromatic rings. The fourth-order valence-electron chi connectivity index (χ4n) is 2.48. The summed E-state index contributed by atoms with van der Waals surface area (Å²) in [5.74, 6) is 0.664. The Hall–Kier alpha value is -2.33. The maximum Gasteiger partial charge on any atom is 0.126 e. The Labute approximate surface area is 117 Å². The van der Waals surface area contributed by atoms with Gasteiger partial charge in [0.2, 0.25) is 0 Å². The molecule has 0 aliphatic heterocycles. The molecule has 3 rings (SSSR count). The second-order valence-electron chi connectivity index (χ2n) is 4.68. The Morgan fingerprint density at radius 2 is 1.95 bits per heavy atom. The average Bonchev–Trinajstić information content (AvgIpc) is 2.90. The van der Waals surface area contributed by atoms with Crippen molar-refractivity contribution in [3.8, 4) is 11.4 Å². The van der Waals surface area contributed by atoms with Gasteiger partial charge in [-0.15, -0.1) is 0 Å². The first-order valence-corrected chi connectivity index (χ1v) is 6.50. The van der Waals surface area contributed by atoms with E-state index in [4.69, 9.17) is 4.74 Å². The minimum atomic E-state index is -0.635. The number of benzene rings is 2. The average molecular weight is 268 g/mol. The normalized spacial score (nSPS) is 12.6. The highest BCUT2D eigenvalue weighted by Gasteiger charge is 2.17. The largest absolute Gasteiger partial charge is 0.496 e. The molecule has 0 fully saturated rings. The molecule has 0 spiro atoms. The molecule has 20 heavy (non-hydrogen) atoms. The Kier molecular flexibility index (Phi) is 3.16. The number of aromatic nitrogens is 2. The Balaban J connectivity index is 2.29. The van der Waals surface area contributed by atoms with Crippen LogP contribution in [0.25, 0.3) is 16.6 Å². The van der Waals surface area contributed by atoms with Crippen molar-refractivity contribution in [1.82, 2.24) is 9.78 Å². The van der Waals surface area contributed by atoms with Crippen LogP contribution in [0.4, 0.5) is 0 Å². The van der Waals surface area contributed by atoms with Gasteiger partial charge in [0, 0.05) is 10.9 Å². The van der Waals surface area contributed by atoms with Crippen molar-refractivity contribution in [3.63, 3.8) is 0 Å². The highest BCUT2D eigenvalue weighted by atomic mass is 16.5. The summed E-state index contributed by atoms with van der Waals surface area (Å²) < 4.78 is 7.19. The van der Waals surface area contributed by atoms with Gasteiger partial charge in [-0.3, -0.25) is 0 Å². The summed E-state index contributed by atoms with van der Waals surface area (Å²) in [4.78, 5) is 0. The molecule has 0 aliphatic rings. The molecule has 0 aliphatic carbocycles. The van der Waals surface area contributed by atoms with Gasteiger partial charge in [0.15, 0.2) is 0 Å². The summed E-state index contributed by atoms with van der Waals surface area (Å²) in [6.07, 6.45) is 1.18. The van der Waals surface area contributed by atoms with E-state index < -0.39 is 6.10 Å². The number of aliphatic hydroxyl groups excluding tert-OH is 1. The molecule has 0 saturated carbocycles. The van der Waals surface area contributed by atoms with Crippen LogP contribution in [0.1, 0.15) is 18.6 Å². The number of nitrogens with zero attached hydrogens (tertiary/aromatic N) is 2. The molecule has 1 N–H and O–H groups in total. The zero-order valence-electron chi connectivity index (χ0n) is 11.4. The monoisotopic (exact) mass is 268 g/mol. The molecule has 0 saturated heterocycles. The second-order valence-corrected chi connectivity index (χ2v) is 4.68. The van der Waals surface area contributed by atoms with E-state index in [2.05, 4.69) is 5.10 Å². The third-order valence-corrected chi connectivity index (χ3v) is 3.39. The van der Waals surface area contributed by atoms with Crippen LogP contribution in [0.15, 0.2) is 48.7 Å². The van der Waals surface area contributed by atoms with Gasteiger partial charge in [-0.05, 0) is 25.1 Å². The van der Waals surface area contributed by atoms with Crippen molar-refractivity contribution in [2.24, 2.45) is 0 Å². The predicted octanol–water partition coefficient (Wildman–Crippen LogP) is 3.09. The van der Waals surface area contributed by atoms with E-state index in [1.165, 1.54) is 0 Å². The number of hydrogen-bond donors (Lipinski definition) is 1. The highest BCUT2D eigenvalue weighted by Crippen LogP contribution is 2.32. The molecule has 1 heterocycles. The second kappa shape index (κ2) is 4.98. The van der Waals surface area contributed by atoms with E-state index in [-0.39, 0.29) is 0 Å². The van der Waals surface area contributed by atoms with Crippen LogP contribution in [0.3, 0.4) is 0 Å². The van der Waals surface area contributed by atoms with Crippen molar-refractivity contribution < 1.29 is 9.84 Å². The molecule has 0 amide bonds. The molecule has 1 aromatic heterocycles. The fourth-order valence-corrected chi connectivity index (χ4v) is 2.48. The van der Waals surface area contributed by atoms with Crippen LogP contribution in [0, 0.1) is 0 Å². The van der Waals surface area contributed by atoms with Gasteiger partial charge in [0.1, 0.15) is 5.75 Å². The van der Waals surface area contributed by atoms with E-state index in [1.54, 1.807) is 14.0 Å². The van der Waals surface area contributed by atoms with Crippen LogP contribution >= 0.6 is 0 Å². The first kappa shape index (κ1) is 12.7. The Morgan fingerprint density at radius 1 is 1.15 bits per heavy atom. The molecule has 0 bridgehead atoms. The third-order valence-electron chi connectivity index (χ3n) is 3.39. The lowest BCUT2D eigenvalue weighted by Crippen LogP contribution is -2.06. The first-order valence-electron chi connectivity index (χ1n) is 6.50. The smallest absolute Gasteiger partial charge is 0.126 e. The maximum absolute atomic E-state index is 10.1. The minimum absolute atomic E-state index is 0.635. The van der Waals surface area contributed by atoms with Gasteiger partial charge in [-0.2, -0.15) is 5.10 Å². The lowest BCUT2D eigenvalue weighted by Gasteiger charge is -2.16. The summed E-state index contributed by atoms with van der Waals surface area (Å²) in [7, 11) is 1.60. The lowest BCUT2D eigenvalue weighted by molar-refractivity contribution is 0.194. The molecule has 2 aromatic carbocycles. The van der Waals surface area contributed by atoms with Crippen molar-refractivity contribution in [2.45, 2.75) is 13.0 Å². The fraction of sp³-hybridized carbons (Fsp3) is 0.188. The molecule has 4 nitrogen and oxygen atoms in total. The van der Waals surface area contributed by atoms with E-state index >= 15 is 0 Å². The molecule has 0 radical (unpaired) electrons. The van der Waals surface area contributed by atoms with Crippen LogP contribution in [0.2, 0.25) is 0 Å². The van der Waals surface area contributed by atoms with E-state index in [1.807, 2.05) is 53.3 Å². The third kappa shape index (κ3) is 1.94. The molecular weight excluding hydrogens is 252 g/mol. The quantitative estimate of drug-likeness (QED) is 0.794. The topological polar surface area (TPSA) is 47.3 Å². The van der Waals surface area contributed by atoms with Crippen molar-refractivity contribution >= 4 is 10.9 Å². The van der Waals surface area contributed by atoms with Crippen LogP contribution in [-0.2, 0) is 0 Å². The summed E-state index contributed by atoms with van der Waals surface area (Å²) >= 11 is 0. The van der Waals surface area contributed by atoms with E-state index in [0.29, 0.717) is 5.75 Å². The van der Waals surface area contributed by atoms with Gasteiger partial charge < -0.3 is 9.84 Å². The first-order chi connectivity index (χ1) is 9.72. The van der Waals surface area contributed by atoms with Crippen LogP contribution in [0.5, 0.6) is 5.75 Å². The number of ether oxygens (including phenoxy) is 1. The minimum Gasteiger partial charge on any atom is -0.496 e. The molecule has 1 atom stereocenters. The number of para-hydroxylation sites is 1. The Morgan fingerprint density at radius 3 is 2.70 bits per heavy atom. The van der Waals surface area contributed by atoms with Crippen LogP contribution < -0.4 is 4.74 Å². The van der Waals surface area contributed by atoms with Crippen LogP contribution in [-0.4, -0.2) is 22.0 Å². The van der Waals surface area contributed by atoms with Gasteiger partial charge in [0.25, 0.3) is 0 Å². The summed E-state index contributed by atoms with van der Waals surface area (Å²) in [5.41, 5.74) is 2.58. The maximum atomic E-state index is 10.1. The van der Waals surface area contributed by atoms with Gasteiger partial charge in [-0.25, -0.2) is 4.68 Å². The van der Waals surface area contributed by atoms with Gasteiger partial charge in [-0.1, -0.05) is 24.3 Å². The van der Waals surface area contributed by atoms with Gasteiger partial charge in [0.05, 0.1) is 30.6 Å². The van der Waals surface area contributed by atoms with Crippen molar-refractivity contribution in [2.75, 3.05) is 7.11 Å². The zero-order valence-corrected chi connectivity index (χ0v) is 11.4. The van der Waals surface area contributed by atoms with Crippen molar-refractivity contribution in [1.29, 1.82) is 0 Å². The highest BCUT2D eigenvalue weighted by molar-refractivity contribution is 5.80. The van der Waals surface area contributed by atoms with Crippen molar-refractivity contribution in [3.05, 3.63) is 54.2 Å². The van der Waals surface area contributed by atoms with E-state index in [0.717, 1.165) is 22.2 Å².